The number of anilines is 2. The lowest BCUT2D eigenvalue weighted by molar-refractivity contribution is -0.132. The van der Waals surface area contributed by atoms with Gasteiger partial charge in [0.25, 0.3) is 5.91 Å². The molecular weight excluding hydrogens is 588 g/mol. The topological polar surface area (TPSA) is 107 Å². The Morgan fingerprint density at radius 2 is 1.76 bits per heavy atom. The number of fused-ring (bicyclic) bond motifs is 3. The van der Waals surface area contributed by atoms with Gasteiger partial charge >= 0.3 is 0 Å². The van der Waals surface area contributed by atoms with Gasteiger partial charge in [-0.2, -0.15) is 0 Å². The number of hydrogen-bond acceptors (Lipinski definition) is 8. The van der Waals surface area contributed by atoms with Gasteiger partial charge in [0.15, 0.2) is 5.17 Å². The van der Waals surface area contributed by atoms with Gasteiger partial charge in [-0.3, -0.25) is 19.4 Å². The molecule has 3 aliphatic heterocycles. The number of piperazine rings is 1. The molecular formula is C34H36N6O4S. The van der Waals surface area contributed by atoms with Gasteiger partial charge in [0.1, 0.15) is 17.6 Å². The van der Waals surface area contributed by atoms with E-state index in [1.54, 1.807) is 19.2 Å². The second-order valence-corrected chi connectivity index (χ2v) is 12.2. The Labute approximate surface area is 267 Å². The molecule has 1 fully saturated rings. The van der Waals surface area contributed by atoms with Gasteiger partial charge in [0.2, 0.25) is 11.8 Å². The summed E-state index contributed by atoms with van der Waals surface area (Å²) in [6.07, 6.45) is 1.06. The van der Waals surface area contributed by atoms with Crippen LogP contribution in [0.2, 0.25) is 0 Å². The standard InChI is InChI=1S/C34H36N6O4S/c1-3-29(32(42)35-23-10-9-13-25(22-23)44-2)45-34-37-27-15-8-7-14-26(27)31-36-28(33(43)40(31)34)16-17-30(41)39-20-18-38(19-21-39)24-11-5-4-6-12-24/h4-15,22,28-29H,3,16-21H2,1-2H3,(H,35,42)/t28-,29-/m0/s1. The third-order valence-corrected chi connectivity index (χ3v) is 9.50. The molecule has 0 bridgehead atoms. The van der Waals surface area contributed by atoms with Crippen LogP contribution in [0.5, 0.6) is 5.75 Å². The number of carbonyl (C=O) groups is 3. The van der Waals surface area contributed by atoms with Crippen molar-refractivity contribution >= 4 is 57.5 Å². The molecule has 3 aromatic carbocycles. The Morgan fingerprint density at radius 3 is 2.51 bits per heavy atom. The maximum absolute atomic E-state index is 13.8. The second kappa shape index (κ2) is 13.6. The number of ether oxygens (including phenoxy) is 1. The molecule has 3 amide bonds. The van der Waals surface area contributed by atoms with Crippen LogP contribution in [-0.2, 0) is 14.4 Å². The first-order valence-electron chi connectivity index (χ1n) is 15.2. The van der Waals surface area contributed by atoms with E-state index in [4.69, 9.17) is 14.7 Å². The lowest BCUT2D eigenvalue weighted by Crippen LogP contribution is -2.49. The van der Waals surface area contributed by atoms with Crippen LogP contribution >= 0.6 is 11.8 Å². The Morgan fingerprint density at radius 1 is 1.00 bits per heavy atom. The largest absolute Gasteiger partial charge is 0.497 e. The summed E-state index contributed by atoms with van der Waals surface area (Å²) < 4.78 is 5.28. The number of amides is 3. The van der Waals surface area contributed by atoms with E-state index in [0.717, 1.165) is 24.3 Å². The number of amidine groups is 2. The molecule has 0 saturated carbocycles. The monoisotopic (exact) mass is 624 g/mol. The summed E-state index contributed by atoms with van der Waals surface area (Å²) in [6, 6.07) is 24.2. The molecule has 0 aromatic heterocycles. The number of benzene rings is 3. The molecule has 232 valence electrons. The van der Waals surface area contributed by atoms with Gasteiger partial charge in [-0.1, -0.05) is 55.1 Å². The van der Waals surface area contributed by atoms with Crippen molar-refractivity contribution < 1.29 is 19.1 Å². The Hall–Kier alpha value is -4.64. The van der Waals surface area contributed by atoms with E-state index in [0.29, 0.717) is 54.1 Å². The van der Waals surface area contributed by atoms with E-state index in [9.17, 15) is 14.4 Å². The SMILES string of the molecule is CC[C@H](SC1=Nc2ccccc2C2=N[C@@H](CCC(=O)N3CCN(c4ccccc4)CC3)C(=O)N12)C(=O)Nc1cccc(OC)c1. The summed E-state index contributed by atoms with van der Waals surface area (Å²) >= 11 is 1.25. The lowest BCUT2D eigenvalue weighted by atomic mass is 10.1. The third-order valence-electron chi connectivity index (χ3n) is 8.18. The fourth-order valence-electron chi connectivity index (χ4n) is 5.71. The normalized spacial score (nSPS) is 18.0. The van der Waals surface area contributed by atoms with E-state index in [1.165, 1.54) is 16.7 Å². The number of nitrogens with zero attached hydrogens (tertiary/aromatic N) is 5. The number of hydrogen-bond donors (Lipinski definition) is 1. The van der Waals surface area contributed by atoms with Crippen molar-refractivity contribution in [1.82, 2.24) is 9.80 Å². The fraction of sp³-hybridized carbons (Fsp3) is 0.324. The van der Waals surface area contributed by atoms with Crippen molar-refractivity contribution in [2.24, 2.45) is 9.98 Å². The number of para-hydroxylation sites is 2. The van der Waals surface area contributed by atoms with E-state index < -0.39 is 11.3 Å². The highest BCUT2D eigenvalue weighted by molar-refractivity contribution is 8.15. The van der Waals surface area contributed by atoms with Crippen molar-refractivity contribution in [3.8, 4) is 5.75 Å². The zero-order chi connectivity index (χ0) is 31.3. The van der Waals surface area contributed by atoms with Crippen molar-refractivity contribution in [3.63, 3.8) is 0 Å². The molecule has 3 heterocycles. The third kappa shape index (κ3) is 6.58. The summed E-state index contributed by atoms with van der Waals surface area (Å²) in [5, 5.41) is 2.86. The molecule has 2 atom stereocenters. The number of carbonyl (C=O) groups excluding carboxylic acids is 3. The van der Waals surface area contributed by atoms with E-state index in [1.807, 2.05) is 66.4 Å². The first-order chi connectivity index (χ1) is 21.9. The van der Waals surface area contributed by atoms with Crippen molar-refractivity contribution in [1.29, 1.82) is 0 Å². The number of thioether (sulfide) groups is 1. The quantitative estimate of drug-likeness (QED) is 0.362. The lowest BCUT2D eigenvalue weighted by Gasteiger charge is -2.36. The molecule has 0 unspecified atom stereocenters. The van der Waals surface area contributed by atoms with Crippen LogP contribution in [-0.4, -0.2) is 83.1 Å². The minimum Gasteiger partial charge on any atom is -0.497 e. The van der Waals surface area contributed by atoms with Crippen molar-refractivity contribution in [2.45, 2.75) is 37.5 Å². The van der Waals surface area contributed by atoms with Crippen LogP contribution < -0.4 is 15.0 Å². The Kier molecular flexibility index (Phi) is 9.16. The maximum atomic E-state index is 13.8. The van der Waals surface area contributed by atoms with Crippen LogP contribution in [0, 0.1) is 0 Å². The average Bonchev–Trinajstić information content (AvgIpc) is 3.42. The van der Waals surface area contributed by atoms with Gasteiger partial charge in [0, 0.05) is 55.6 Å². The smallest absolute Gasteiger partial charge is 0.259 e. The predicted octanol–water partition coefficient (Wildman–Crippen LogP) is 4.93. The zero-order valence-electron chi connectivity index (χ0n) is 25.4. The Balaban J connectivity index is 1.12. The summed E-state index contributed by atoms with van der Waals surface area (Å²) in [5.74, 6) is 0.770. The summed E-state index contributed by atoms with van der Waals surface area (Å²) in [5.41, 5.74) is 3.24. The molecule has 0 spiro atoms. The molecule has 6 rings (SSSR count). The van der Waals surface area contributed by atoms with Gasteiger partial charge in [-0.05, 0) is 49.2 Å². The molecule has 3 aliphatic rings. The number of nitrogens with one attached hydrogen (secondary N) is 1. The maximum Gasteiger partial charge on any atom is 0.259 e. The van der Waals surface area contributed by atoms with Gasteiger partial charge in [0.05, 0.1) is 18.0 Å². The van der Waals surface area contributed by atoms with Crippen LogP contribution in [0.25, 0.3) is 0 Å². The highest BCUT2D eigenvalue weighted by Gasteiger charge is 2.42. The average molecular weight is 625 g/mol. The minimum atomic E-state index is -0.697. The molecule has 1 saturated heterocycles. The summed E-state index contributed by atoms with van der Waals surface area (Å²) in [4.78, 5) is 55.6. The first-order valence-corrected chi connectivity index (χ1v) is 16.1. The molecule has 0 aliphatic carbocycles. The van der Waals surface area contributed by atoms with Crippen LogP contribution in [0.15, 0.2) is 88.8 Å². The summed E-state index contributed by atoms with van der Waals surface area (Å²) in [7, 11) is 1.58. The number of aliphatic imine (C=N–C) groups is 2. The molecule has 10 nitrogen and oxygen atoms in total. The fourth-order valence-corrected chi connectivity index (χ4v) is 6.73. The number of methoxy groups -OCH3 is 1. The first kappa shape index (κ1) is 30.4. The van der Waals surface area contributed by atoms with Crippen molar-refractivity contribution in [2.75, 3.05) is 43.5 Å². The minimum absolute atomic E-state index is 0.0320. The van der Waals surface area contributed by atoms with Crippen molar-refractivity contribution in [3.05, 3.63) is 84.4 Å². The molecule has 0 radical (unpaired) electrons. The summed E-state index contributed by atoms with van der Waals surface area (Å²) in [6.45, 7) is 4.75. The predicted molar refractivity (Wildman–Crippen MR) is 178 cm³/mol. The molecule has 11 heteroatoms. The molecule has 45 heavy (non-hydrogen) atoms. The van der Waals surface area contributed by atoms with E-state index in [-0.39, 0.29) is 24.1 Å². The van der Waals surface area contributed by atoms with Gasteiger partial charge in [-0.25, -0.2) is 9.89 Å². The van der Waals surface area contributed by atoms with Crippen LogP contribution in [0.3, 0.4) is 0 Å². The van der Waals surface area contributed by atoms with E-state index in [2.05, 4.69) is 22.3 Å². The highest BCUT2D eigenvalue weighted by Crippen LogP contribution is 2.36. The highest BCUT2D eigenvalue weighted by atomic mass is 32.2. The zero-order valence-corrected chi connectivity index (χ0v) is 26.2. The van der Waals surface area contributed by atoms with Gasteiger partial charge in [-0.15, -0.1) is 0 Å². The van der Waals surface area contributed by atoms with Crippen LogP contribution in [0.1, 0.15) is 31.7 Å². The van der Waals surface area contributed by atoms with Crippen LogP contribution in [0.4, 0.5) is 17.1 Å². The second-order valence-electron chi connectivity index (χ2n) is 11.0. The number of rotatable bonds is 9. The molecule has 1 N–H and O–H groups in total. The molecule has 3 aromatic rings. The van der Waals surface area contributed by atoms with E-state index >= 15 is 0 Å². The van der Waals surface area contributed by atoms with Gasteiger partial charge < -0.3 is 19.9 Å². The Bertz CT molecular complexity index is 1640.